The van der Waals surface area contributed by atoms with Crippen LogP contribution in [0.5, 0.6) is 0 Å². The van der Waals surface area contributed by atoms with E-state index in [0.717, 1.165) is 6.07 Å². The maximum absolute atomic E-state index is 12.9. The standard InChI is InChI=1S/C10H6F2O/c1-2-3-7-4-8(11)5-10(12)9(7)6-13/h4-6H,1H3. The van der Waals surface area contributed by atoms with Crippen LogP contribution in [0.15, 0.2) is 12.1 Å². The molecule has 0 saturated carbocycles. The summed E-state index contributed by atoms with van der Waals surface area (Å²) in [4.78, 5) is 10.4. The fourth-order valence-corrected chi connectivity index (χ4v) is 0.943. The van der Waals surface area contributed by atoms with Crippen molar-refractivity contribution in [2.45, 2.75) is 6.92 Å². The zero-order valence-electron chi connectivity index (χ0n) is 6.90. The van der Waals surface area contributed by atoms with E-state index < -0.39 is 11.6 Å². The van der Waals surface area contributed by atoms with Gasteiger partial charge in [0, 0.05) is 11.6 Å². The second kappa shape index (κ2) is 3.81. The van der Waals surface area contributed by atoms with Crippen LogP contribution < -0.4 is 0 Å². The molecule has 0 fully saturated rings. The molecule has 0 atom stereocenters. The molecule has 0 heterocycles. The Bertz CT molecular complexity index is 399. The van der Waals surface area contributed by atoms with Crippen LogP contribution in [-0.2, 0) is 0 Å². The molecule has 1 aromatic carbocycles. The zero-order valence-corrected chi connectivity index (χ0v) is 6.90. The lowest BCUT2D eigenvalue weighted by Crippen LogP contribution is -1.94. The van der Waals surface area contributed by atoms with E-state index in [1.165, 1.54) is 6.92 Å². The van der Waals surface area contributed by atoms with Crippen molar-refractivity contribution < 1.29 is 13.6 Å². The van der Waals surface area contributed by atoms with Crippen LogP contribution in [0.25, 0.3) is 0 Å². The van der Waals surface area contributed by atoms with Crippen LogP contribution in [0.4, 0.5) is 8.78 Å². The van der Waals surface area contributed by atoms with E-state index in [9.17, 15) is 13.6 Å². The van der Waals surface area contributed by atoms with Gasteiger partial charge in [0.25, 0.3) is 0 Å². The number of carbonyl (C=O) groups excluding carboxylic acids is 1. The number of hydrogen-bond donors (Lipinski definition) is 0. The van der Waals surface area contributed by atoms with Gasteiger partial charge in [-0.1, -0.05) is 5.92 Å². The van der Waals surface area contributed by atoms with Crippen LogP contribution in [0.1, 0.15) is 22.8 Å². The molecule has 0 aliphatic heterocycles. The zero-order chi connectivity index (χ0) is 9.84. The minimum Gasteiger partial charge on any atom is -0.298 e. The molecule has 0 unspecified atom stereocenters. The smallest absolute Gasteiger partial charge is 0.154 e. The predicted molar refractivity (Wildman–Crippen MR) is 44.3 cm³/mol. The highest BCUT2D eigenvalue weighted by Crippen LogP contribution is 2.12. The van der Waals surface area contributed by atoms with Crippen molar-refractivity contribution in [3.8, 4) is 11.8 Å². The van der Waals surface area contributed by atoms with Crippen LogP contribution in [0, 0.1) is 23.5 Å². The first kappa shape index (κ1) is 9.40. The molecule has 0 aliphatic carbocycles. The number of carbonyl (C=O) groups is 1. The van der Waals surface area contributed by atoms with Crippen LogP contribution in [-0.4, -0.2) is 6.29 Å². The third-order valence-electron chi connectivity index (χ3n) is 1.47. The third-order valence-corrected chi connectivity index (χ3v) is 1.47. The number of rotatable bonds is 1. The highest BCUT2D eigenvalue weighted by atomic mass is 19.1. The Hall–Kier alpha value is -1.69. The maximum atomic E-state index is 12.9. The minimum absolute atomic E-state index is 0.0787. The van der Waals surface area contributed by atoms with Crippen molar-refractivity contribution in [3.63, 3.8) is 0 Å². The number of hydrogen-bond acceptors (Lipinski definition) is 1. The first-order chi connectivity index (χ1) is 6.19. The molecule has 0 radical (unpaired) electrons. The molecule has 0 amide bonds. The fraction of sp³-hybridized carbons (Fsp3) is 0.100. The molecule has 0 saturated heterocycles. The summed E-state index contributed by atoms with van der Waals surface area (Å²) in [5.74, 6) is 3.30. The van der Waals surface area contributed by atoms with E-state index in [2.05, 4.69) is 11.8 Å². The van der Waals surface area contributed by atoms with Gasteiger partial charge in [-0.05, 0) is 13.0 Å². The van der Waals surface area contributed by atoms with E-state index in [-0.39, 0.29) is 11.1 Å². The topological polar surface area (TPSA) is 17.1 Å². The van der Waals surface area contributed by atoms with Crippen molar-refractivity contribution in [2.75, 3.05) is 0 Å². The van der Waals surface area contributed by atoms with Crippen LogP contribution >= 0.6 is 0 Å². The van der Waals surface area contributed by atoms with Crippen molar-refractivity contribution in [3.05, 3.63) is 34.9 Å². The van der Waals surface area contributed by atoms with Crippen molar-refractivity contribution in [1.29, 1.82) is 0 Å². The highest BCUT2D eigenvalue weighted by molar-refractivity contribution is 5.79. The third kappa shape index (κ3) is 1.91. The van der Waals surface area contributed by atoms with Gasteiger partial charge in [0.15, 0.2) is 6.29 Å². The Morgan fingerprint density at radius 1 is 1.38 bits per heavy atom. The molecular formula is C10H6F2O. The Balaban J connectivity index is 3.43. The molecule has 0 aliphatic rings. The van der Waals surface area contributed by atoms with Gasteiger partial charge in [-0.3, -0.25) is 4.79 Å². The first-order valence-corrected chi connectivity index (χ1v) is 3.56. The minimum atomic E-state index is -0.882. The van der Waals surface area contributed by atoms with E-state index in [4.69, 9.17) is 0 Å². The molecule has 1 nitrogen and oxygen atoms in total. The molecule has 3 heteroatoms. The monoisotopic (exact) mass is 180 g/mol. The Labute approximate surface area is 74.4 Å². The average molecular weight is 180 g/mol. The van der Waals surface area contributed by atoms with Gasteiger partial charge >= 0.3 is 0 Å². The number of benzene rings is 1. The Morgan fingerprint density at radius 2 is 2.08 bits per heavy atom. The molecule has 0 spiro atoms. The Morgan fingerprint density at radius 3 is 2.62 bits per heavy atom. The summed E-state index contributed by atoms with van der Waals surface area (Å²) in [6.07, 6.45) is 0.328. The molecular weight excluding hydrogens is 174 g/mol. The quantitative estimate of drug-likeness (QED) is 0.478. The van der Waals surface area contributed by atoms with Gasteiger partial charge < -0.3 is 0 Å². The van der Waals surface area contributed by atoms with Crippen molar-refractivity contribution in [2.24, 2.45) is 0 Å². The van der Waals surface area contributed by atoms with E-state index in [0.29, 0.717) is 12.4 Å². The summed E-state index contributed by atoms with van der Waals surface area (Å²) < 4.78 is 25.5. The molecule has 1 aromatic rings. The van der Waals surface area contributed by atoms with Gasteiger partial charge in [-0.15, -0.1) is 5.92 Å². The lowest BCUT2D eigenvalue weighted by Gasteiger charge is -1.98. The molecule has 0 bridgehead atoms. The fourth-order valence-electron chi connectivity index (χ4n) is 0.943. The lowest BCUT2D eigenvalue weighted by atomic mass is 10.1. The summed E-state index contributed by atoms with van der Waals surface area (Å²) in [5, 5.41) is 0. The second-order valence-electron chi connectivity index (χ2n) is 2.34. The van der Waals surface area contributed by atoms with Gasteiger partial charge in [0.2, 0.25) is 0 Å². The van der Waals surface area contributed by atoms with Crippen LogP contribution in [0.3, 0.4) is 0 Å². The average Bonchev–Trinajstić information content (AvgIpc) is 2.04. The largest absolute Gasteiger partial charge is 0.298 e. The molecule has 1 rings (SSSR count). The lowest BCUT2D eigenvalue weighted by molar-refractivity contribution is 0.111. The molecule has 0 N–H and O–H groups in total. The molecule has 66 valence electrons. The van der Waals surface area contributed by atoms with Crippen molar-refractivity contribution in [1.82, 2.24) is 0 Å². The summed E-state index contributed by atoms with van der Waals surface area (Å²) in [6, 6.07) is 1.69. The van der Waals surface area contributed by atoms with E-state index >= 15 is 0 Å². The van der Waals surface area contributed by atoms with Gasteiger partial charge in [0.1, 0.15) is 11.6 Å². The van der Waals surface area contributed by atoms with E-state index in [1.54, 1.807) is 0 Å². The van der Waals surface area contributed by atoms with Gasteiger partial charge in [-0.25, -0.2) is 8.78 Å². The van der Waals surface area contributed by atoms with Crippen molar-refractivity contribution >= 4 is 6.29 Å². The number of halogens is 2. The first-order valence-electron chi connectivity index (χ1n) is 3.56. The molecule has 0 aromatic heterocycles. The molecule has 13 heavy (non-hydrogen) atoms. The van der Waals surface area contributed by atoms with Gasteiger partial charge in [0.05, 0.1) is 5.56 Å². The Kier molecular flexibility index (Phi) is 2.76. The highest BCUT2D eigenvalue weighted by Gasteiger charge is 2.08. The normalized spacial score (nSPS) is 8.85. The SMILES string of the molecule is CC#Cc1cc(F)cc(F)c1C=O. The maximum Gasteiger partial charge on any atom is 0.154 e. The summed E-state index contributed by atoms with van der Waals surface area (Å²) in [6.45, 7) is 1.53. The summed E-state index contributed by atoms with van der Waals surface area (Å²) >= 11 is 0. The van der Waals surface area contributed by atoms with Crippen LogP contribution in [0.2, 0.25) is 0 Å². The predicted octanol–water partition coefficient (Wildman–Crippen LogP) is 2.15. The summed E-state index contributed by atoms with van der Waals surface area (Å²) in [7, 11) is 0. The summed E-state index contributed by atoms with van der Waals surface area (Å²) in [5.41, 5.74) is -0.120. The number of aldehydes is 1. The van der Waals surface area contributed by atoms with Gasteiger partial charge in [-0.2, -0.15) is 0 Å². The van der Waals surface area contributed by atoms with E-state index in [1.807, 2.05) is 0 Å². The second-order valence-corrected chi connectivity index (χ2v) is 2.34.